The van der Waals surface area contributed by atoms with Crippen LogP contribution >= 0.6 is 0 Å². The molecule has 1 saturated carbocycles. The number of carbonyl (C=O) groups is 1. The molecule has 3 atom stereocenters. The molecule has 0 aromatic carbocycles. The van der Waals surface area contributed by atoms with E-state index in [0.717, 1.165) is 32.5 Å². The van der Waals surface area contributed by atoms with Crippen molar-refractivity contribution >= 4 is 5.78 Å². The van der Waals surface area contributed by atoms with E-state index in [1.807, 2.05) is 13.0 Å². The average molecular weight is 290 g/mol. The van der Waals surface area contributed by atoms with Crippen molar-refractivity contribution in [1.29, 1.82) is 0 Å². The summed E-state index contributed by atoms with van der Waals surface area (Å²) in [4.78, 5) is 11.2. The topological polar surface area (TPSA) is 46.5 Å². The van der Waals surface area contributed by atoms with Crippen molar-refractivity contribution in [2.75, 3.05) is 13.2 Å². The molecular formula is C18H26O3. The van der Waals surface area contributed by atoms with Gasteiger partial charge in [-0.2, -0.15) is 0 Å². The standard InChI is InChI=1S/C18H26O3/c1-2-21-13-15-8-5-7-14(10-15)6-3-4-9-16-11-17(19)12-18(16)20/h4-5,7-9,15-16,18,20H,2-3,6,10-13H2,1H3/b9-4+/t15?,16-,18-/m1/s1. The maximum atomic E-state index is 11.2. The predicted molar refractivity (Wildman–Crippen MR) is 83.9 cm³/mol. The minimum Gasteiger partial charge on any atom is -0.392 e. The van der Waals surface area contributed by atoms with Crippen LogP contribution in [-0.2, 0) is 9.53 Å². The average Bonchev–Trinajstić information content (AvgIpc) is 2.80. The van der Waals surface area contributed by atoms with Gasteiger partial charge in [-0.1, -0.05) is 36.0 Å². The Labute approximate surface area is 127 Å². The van der Waals surface area contributed by atoms with Gasteiger partial charge in [-0.15, -0.1) is 0 Å². The van der Waals surface area contributed by atoms with Gasteiger partial charge in [0.1, 0.15) is 5.78 Å². The van der Waals surface area contributed by atoms with E-state index < -0.39 is 6.10 Å². The van der Waals surface area contributed by atoms with E-state index in [1.54, 1.807) is 0 Å². The summed E-state index contributed by atoms with van der Waals surface area (Å²) in [5.41, 5.74) is 1.45. The zero-order valence-electron chi connectivity index (χ0n) is 12.8. The van der Waals surface area contributed by atoms with Crippen LogP contribution in [0.2, 0.25) is 0 Å². The number of aliphatic hydroxyl groups is 1. The molecule has 3 nitrogen and oxygen atoms in total. The molecule has 1 unspecified atom stereocenters. The Hall–Kier alpha value is -1.19. The van der Waals surface area contributed by atoms with E-state index in [2.05, 4.69) is 24.3 Å². The first-order valence-corrected chi connectivity index (χ1v) is 7.99. The van der Waals surface area contributed by atoms with E-state index in [1.165, 1.54) is 5.57 Å². The summed E-state index contributed by atoms with van der Waals surface area (Å²) in [5, 5.41) is 9.72. The van der Waals surface area contributed by atoms with Crippen molar-refractivity contribution < 1.29 is 14.6 Å². The zero-order valence-corrected chi connectivity index (χ0v) is 12.8. The quantitative estimate of drug-likeness (QED) is 0.732. The lowest BCUT2D eigenvalue weighted by atomic mass is 9.92. The molecule has 2 aliphatic carbocycles. The largest absolute Gasteiger partial charge is 0.392 e. The molecule has 0 radical (unpaired) electrons. The van der Waals surface area contributed by atoms with Gasteiger partial charge in [0.25, 0.3) is 0 Å². The number of aliphatic hydroxyl groups excluding tert-OH is 1. The van der Waals surface area contributed by atoms with Crippen LogP contribution in [0.4, 0.5) is 0 Å². The van der Waals surface area contributed by atoms with Crippen molar-refractivity contribution in [3.8, 4) is 0 Å². The second kappa shape index (κ2) is 8.30. The number of ketones is 1. The molecule has 0 aromatic heterocycles. The number of allylic oxidation sites excluding steroid dienone is 4. The Balaban J connectivity index is 1.70. The highest BCUT2D eigenvalue weighted by Crippen LogP contribution is 2.25. The number of Topliss-reactive ketones (excluding diaryl/α,β-unsaturated/α-hetero) is 1. The molecular weight excluding hydrogens is 264 g/mol. The summed E-state index contributed by atoms with van der Waals surface area (Å²) in [6, 6.07) is 0. The number of ether oxygens (including phenoxy) is 1. The molecule has 1 fully saturated rings. The Morgan fingerprint density at radius 2 is 2.24 bits per heavy atom. The zero-order chi connectivity index (χ0) is 15.1. The van der Waals surface area contributed by atoms with Crippen molar-refractivity contribution in [3.63, 3.8) is 0 Å². The van der Waals surface area contributed by atoms with Gasteiger partial charge in [0.2, 0.25) is 0 Å². The normalized spacial score (nSPS) is 29.3. The van der Waals surface area contributed by atoms with Gasteiger partial charge in [0, 0.05) is 31.3 Å². The van der Waals surface area contributed by atoms with Crippen molar-refractivity contribution in [2.45, 2.75) is 45.1 Å². The Morgan fingerprint density at radius 1 is 1.38 bits per heavy atom. The SMILES string of the molecule is CCOCC1C=CC=C(CC/C=C/[C@@H]2CC(=O)C[C@H]2O)C1. The molecule has 116 valence electrons. The summed E-state index contributed by atoms with van der Waals surface area (Å²) < 4.78 is 5.48. The van der Waals surface area contributed by atoms with Crippen LogP contribution in [-0.4, -0.2) is 30.2 Å². The first-order valence-electron chi connectivity index (χ1n) is 7.99. The summed E-state index contributed by atoms with van der Waals surface area (Å²) in [6.45, 7) is 3.60. The molecule has 0 heterocycles. The third kappa shape index (κ3) is 5.25. The number of hydrogen-bond acceptors (Lipinski definition) is 3. The van der Waals surface area contributed by atoms with E-state index in [4.69, 9.17) is 4.74 Å². The van der Waals surface area contributed by atoms with Gasteiger partial charge in [-0.05, 0) is 26.2 Å². The van der Waals surface area contributed by atoms with E-state index >= 15 is 0 Å². The smallest absolute Gasteiger partial charge is 0.136 e. The van der Waals surface area contributed by atoms with Gasteiger partial charge in [0.05, 0.1) is 12.7 Å². The lowest BCUT2D eigenvalue weighted by molar-refractivity contribution is -0.117. The molecule has 21 heavy (non-hydrogen) atoms. The molecule has 0 aromatic rings. The Kier molecular flexibility index (Phi) is 6.40. The van der Waals surface area contributed by atoms with Crippen LogP contribution < -0.4 is 0 Å². The minimum absolute atomic E-state index is 0.0310. The fraction of sp³-hybridized carbons (Fsp3) is 0.611. The van der Waals surface area contributed by atoms with Crippen LogP contribution in [0.1, 0.15) is 39.0 Å². The monoisotopic (exact) mass is 290 g/mol. The van der Waals surface area contributed by atoms with E-state index in [0.29, 0.717) is 18.8 Å². The number of rotatable bonds is 7. The van der Waals surface area contributed by atoms with Gasteiger partial charge >= 0.3 is 0 Å². The molecule has 0 bridgehead atoms. The molecule has 0 saturated heterocycles. The first-order chi connectivity index (χ1) is 10.2. The highest BCUT2D eigenvalue weighted by molar-refractivity contribution is 5.81. The minimum atomic E-state index is -0.471. The third-order valence-electron chi connectivity index (χ3n) is 4.19. The lowest BCUT2D eigenvalue weighted by Crippen LogP contribution is -2.10. The predicted octanol–water partition coefficient (Wildman–Crippen LogP) is 3.20. The Bertz CT molecular complexity index is 434. The third-order valence-corrected chi connectivity index (χ3v) is 4.19. The molecule has 0 amide bonds. The van der Waals surface area contributed by atoms with Gasteiger partial charge in [-0.3, -0.25) is 4.79 Å². The van der Waals surface area contributed by atoms with Gasteiger partial charge < -0.3 is 9.84 Å². The summed E-state index contributed by atoms with van der Waals surface area (Å²) in [6.07, 6.45) is 14.1. The van der Waals surface area contributed by atoms with Crippen molar-refractivity contribution in [1.82, 2.24) is 0 Å². The molecule has 0 aliphatic heterocycles. The summed E-state index contributed by atoms with van der Waals surface area (Å²) in [7, 11) is 0. The van der Waals surface area contributed by atoms with Crippen LogP contribution in [0, 0.1) is 11.8 Å². The maximum absolute atomic E-state index is 11.2. The van der Waals surface area contributed by atoms with Crippen molar-refractivity contribution in [2.24, 2.45) is 11.8 Å². The van der Waals surface area contributed by atoms with Crippen LogP contribution in [0.15, 0.2) is 36.0 Å². The lowest BCUT2D eigenvalue weighted by Gasteiger charge is -2.18. The second-order valence-corrected chi connectivity index (χ2v) is 5.98. The molecule has 3 heteroatoms. The van der Waals surface area contributed by atoms with Crippen LogP contribution in [0.5, 0.6) is 0 Å². The molecule has 2 aliphatic rings. The van der Waals surface area contributed by atoms with E-state index in [-0.39, 0.29) is 11.7 Å². The van der Waals surface area contributed by atoms with Gasteiger partial charge in [0.15, 0.2) is 0 Å². The maximum Gasteiger partial charge on any atom is 0.136 e. The van der Waals surface area contributed by atoms with Crippen LogP contribution in [0.25, 0.3) is 0 Å². The second-order valence-electron chi connectivity index (χ2n) is 5.98. The number of hydrogen-bond donors (Lipinski definition) is 1. The highest BCUT2D eigenvalue weighted by atomic mass is 16.5. The molecule has 1 N–H and O–H groups in total. The van der Waals surface area contributed by atoms with Crippen LogP contribution in [0.3, 0.4) is 0 Å². The highest BCUT2D eigenvalue weighted by Gasteiger charge is 2.29. The summed E-state index contributed by atoms with van der Waals surface area (Å²) >= 11 is 0. The fourth-order valence-electron chi connectivity index (χ4n) is 2.99. The first kappa shape index (κ1) is 16.2. The van der Waals surface area contributed by atoms with E-state index in [9.17, 15) is 9.90 Å². The fourth-order valence-corrected chi connectivity index (χ4v) is 2.99. The van der Waals surface area contributed by atoms with Gasteiger partial charge in [-0.25, -0.2) is 0 Å². The van der Waals surface area contributed by atoms with Crippen molar-refractivity contribution in [3.05, 3.63) is 36.0 Å². The number of carbonyl (C=O) groups excluding carboxylic acids is 1. The summed E-state index contributed by atoms with van der Waals surface area (Å²) in [5.74, 6) is 0.711. The molecule has 2 rings (SSSR count). The Morgan fingerprint density at radius 3 is 2.95 bits per heavy atom. The molecule has 0 spiro atoms.